The molecule has 1 aliphatic rings. The number of hydrogen-bond donors (Lipinski definition) is 2. The second kappa shape index (κ2) is 13.2. The van der Waals surface area contributed by atoms with Crippen molar-refractivity contribution >= 4 is 17.6 Å². The SMILES string of the molecule is CCCNC(=O)Nc1ccc2c(c1)OC[C@@H](C)N(Cc1ccccn1)C[C@@H](C)[C@@H](OC)CN(C)C2=O. The van der Waals surface area contributed by atoms with Crippen LogP contribution in [0.15, 0.2) is 42.6 Å². The van der Waals surface area contributed by atoms with Gasteiger partial charge in [-0.15, -0.1) is 0 Å². The molecule has 0 bridgehead atoms. The van der Waals surface area contributed by atoms with Gasteiger partial charge in [0.1, 0.15) is 12.4 Å². The molecule has 0 spiro atoms. The molecular formula is C27H39N5O4. The van der Waals surface area contributed by atoms with Gasteiger partial charge in [0.2, 0.25) is 0 Å². The van der Waals surface area contributed by atoms with Crippen molar-refractivity contribution in [1.82, 2.24) is 20.1 Å². The van der Waals surface area contributed by atoms with E-state index in [0.29, 0.717) is 43.2 Å². The molecule has 9 nitrogen and oxygen atoms in total. The second-order valence-corrected chi connectivity index (χ2v) is 9.44. The molecule has 1 aliphatic heterocycles. The predicted molar refractivity (Wildman–Crippen MR) is 140 cm³/mol. The van der Waals surface area contributed by atoms with E-state index in [1.165, 1.54) is 0 Å². The predicted octanol–water partition coefficient (Wildman–Crippen LogP) is 3.62. The Morgan fingerprint density at radius 2 is 2.03 bits per heavy atom. The molecule has 0 unspecified atom stereocenters. The molecule has 9 heteroatoms. The van der Waals surface area contributed by atoms with Crippen LogP contribution in [0.4, 0.5) is 10.5 Å². The van der Waals surface area contributed by atoms with Crippen LogP contribution in [0.5, 0.6) is 5.75 Å². The minimum atomic E-state index is -0.291. The zero-order valence-corrected chi connectivity index (χ0v) is 22.0. The lowest BCUT2D eigenvalue weighted by molar-refractivity contribution is 0.00901. The number of methoxy groups -OCH3 is 1. The fraction of sp³-hybridized carbons (Fsp3) is 0.519. The van der Waals surface area contributed by atoms with E-state index >= 15 is 0 Å². The van der Waals surface area contributed by atoms with Gasteiger partial charge in [-0.1, -0.05) is 19.9 Å². The van der Waals surface area contributed by atoms with Crippen LogP contribution >= 0.6 is 0 Å². The summed E-state index contributed by atoms with van der Waals surface area (Å²) in [5.41, 5.74) is 1.99. The van der Waals surface area contributed by atoms with Crippen molar-refractivity contribution in [1.29, 1.82) is 0 Å². The first-order valence-corrected chi connectivity index (χ1v) is 12.6. The summed E-state index contributed by atoms with van der Waals surface area (Å²) in [6, 6.07) is 10.8. The molecule has 0 saturated carbocycles. The van der Waals surface area contributed by atoms with Crippen LogP contribution in [0, 0.1) is 5.92 Å². The van der Waals surface area contributed by atoms with E-state index in [1.807, 2.05) is 25.1 Å². The van der Waals surface area contributed by atoms with E-state index in [2.05, 4.69) is 34.4 Å². The average Bonchev–Trinajstić information content (AvgIpc) is 2.88. The lowest BCUT2D eigenvalue weighted by Gasteiger charge is -2.35. The van der Waals surface area contributed by atoms with Crippen LogP contribution in [0.1, 0.15) is 43.2 Å². The van der Waals surface area contributed by atoms with Crippen molar-refractivity contribution in [2.45, 2.75) is 45.9 Å². The molecule has 196 valence electrons. The summed E-state index contributed by atoms with van der Waals surface area (Å²) in [5, 5.41) is 5.61. The van der Waals surface area contributed by atoms with E-state index in [0.717, 1.165) is 18.7 Å². The van der Waals surface area contributed by atoms with Gasteiger partial charge in [0.05, 0.1) is 17.4 Å². The lowest BCUT2D eigenvalue weighted by Crippen LogP contribution is -2.46. The highest BCUT2D eigenvalue weighted by Gasteiger charge is 2.28. The third kappa shape index (κ3) is 7.41. The molecule has 3 rings (SSSR count). The van der Waals surface area contributed by atoms with Gasteiger partial charge in [0.25, 0.3) is 5.91 Å². The third-order valence-electron chi connectivity index (χ3n) is 6.46. The zero-order valence-electron chi connectivity index (χ0n) is 22.0. The first kappa shape index (κ1) is 27.4. The molecule has 1 aromatic heterocycles. The molecule has 2 N–H and O–H groups in total. The number of benzene rings is 1. The van der Waals surface area contributed by atoms with Crippen molar-refractivity contribution in [3.63, 3.8) is 0 Å². The first-order valence-electron chi connectivity index (χ1n) is 12.6. The lowest BCUT2D eigenvalue weighted by atomic mass is 10.0. The van der Waals surface area contributed by atoms with E-state index in [-0.39, 0.29) is 30.0 Å². The number of carbonyl (C=O) groups is 2. The summed E-state index contributed by atoms with van der Waals surface area (Å²) in [5.74, 6) is 0.454. The van der Waals surface area contributed by atoms with E-state index in [4.69, 9.17) is 9.47 Å². The fourth-order valence-corrected chi connectivity index (χ4v) is 4.26. The molecule has 0 saturated heterocycles. The van der Waals surface area contributed by atoms with Gasteiger partial charge in [0, 0.05) is 64.3 Å². The maximum Gasteiger partial charge on any atom is 0.319 e. The Kier molecular flexibility index (Phi) is 10.1. The van der Waals surface area contributed by atoms with Crippen molar-refractivity contribution in [3.05, 3.63) is 53.9 Å². The Hall–Kier alpha value is -3.17. The highest BCUT2D eigenvalue weighted by molar-refractivity contribution is 5.98. The number of rotatable bonds is 6. The Labute approximate surface area is 214 Å². The van der Waals surface area contributed by atoms with E-state index < -0.39 is 0 Å². The average molecular weight is 498 g/mol. The third-order valence-corrected chi connectivity index (χ3v) is 6.46. The van der Waals surface area contributed by atoms with Crippen LogP contribution in [-0.4, -0.2) is 79.3 Å². The molecule has 0 radical (unpaired) electrons. The van der Waals surface area contributed by atoms with Crippen LogP contribution in [-0.2, 0) is 11.3 Å². The Bertz CT molecular complexity index is 1000. The fourth-order valence-electron chi connectivity index (χ4n) is 4.26. The zero-order chi connectivity index (χ0) is 26.1. The summed E-state index contributed by atoms with van der Waals surface area (Å²) in [6.07, 6.45) is 2.51. The maximum atomic E-state index is 13.4. The van der Waals surface area contributed by atoms with E-state index in [1.54, 1.807) is 43.5 Å². The number of hydrogen-bond acceptors (Lipinski definition) is 6. The molecular weight excluding hydrogens is 458 g/mol. The summed E-state index contributed by atoms with van der Waals surface area (Å²) in [6.45, 7) is 9.07. The number of urea groups is 1. The number of nitrogens with one attached hydrogen (secondary N) is 2. The number of fused-ring (bicyclic) bond motifs is 1. The Morgan fingerprint density at radius 3 is 2.72 bits per heavy atom. The monoisotopic (exact) mass is 497 g/mol. The van der Waals surface area contributed by atoms with E-state index in [9.17, 15) is 9.59 Å². The maximum absolute atomic E-state index is 13.4. The van der Waals surface area contributed by atoms with Crippen LogP contribution in [0.3, 0.4) is 0 Å². The van der Waals surface area contributed by atoms with Crippen LogP contribution < -0.4 is 15.4 Å². The highest BCUT2D eigenvalue weighted by atomic mass is 16.5. The normalized spacial score (nSPS) is 21.5. The number of likely N-dealkylation sites (N-methyl/N-ethyl adjacent to an activating group) is 1. The summed E-state index contributed by atoms with van der Waals surface area (Å²) >= 11 is 0. The molecule has 1 aromatic carbocycles. The summed E-state index contributed by atoms with van der Waals surface area (Å²) < 4.78 is 12.1. The van der Waals surface area contributed by atoms with Crippen molar-refractivity contribution in [3.8, 4) is 5.75 Å². The molecule has 0 aliphatic carbocycles. The van der Waals surface area contributed by atoms with Gasteiger partial charge in [-0.25, -0.2) is 4.79 Å². The van der Waals surface area contributed by atoms with Gasteiger partial charge < -0.3 is 25.0 Å². The van der Waals surface area contributed by atoms with Crippen molar-refractivity contribution in [2.75, 3.05) is 45.7 Å². The number of anilines is 1. The molecule has 2 aromatic rings. The summed E-state index contributed by atoms with van der Waals surface area (Å²) in [7, 11) is 3.46. The smallest absolute Gasteiger partial charge is 0.319 e. The minimum Gasteiger partial charge on any atom is -0.491 e. The first-order chi connectivity index (χ1) is 17.3. The number of aromatic nitrogens is 1. The number of carbonyl (C=O) groups excluding carboxylic acids is 2. The van der Waals surface area contributed by atoms with Crippen LogP contribution in [0.25, 0.3) is 0 Å². The number of ether oxygens (including phenoxy) is 2. The largest absolute Gasteiger partial charge is 0.491 e. The van der Waals surface area contributed by atoms with Crippen molar-refractivity contribution in [2.24, 2.45) is 5.92 Å². The Morgan fingerprint density at radius 1 is 1.22 bits per heavy atom. The summed E-state index contributed by atoms with van der Waals surface area (Å²) in [4.78, 5) is 34.0. The Balaban J connectivity index is 1.90. The second-order valence-electron chi connectivity index (χ2n) is 9.44. The highest BCUT2D eigenvalue weighted by Crippen LogP contribution is 2.27. The standard InChI is InChI=1S/C27H39N5O4/c1-6-12-29-27(34)30-21-10-11-23-24(14-21)36-18-20(3)32(16-22-9-7-8-13-28-22)15-19(2)25(35-5)17-31(4)26(23)33/h7-11,13-14,19-20,25H,6,12,15-18H2,1-5H3,(H2,29,30,34)/t19-,20-,25+/m1/s1. The number of nitrogens with zero attached hydrogens (tertiary/aromatic N) is 3. The van der Waals surface area contributed by atoms with Gasteiger partial charge in [-0.3, -0.25) is 14.7 Å². The van der Waals surface area contributed by atoms with Gasteiger partial charge in [0.15, 0.2) is 0 Å². The number of pyridine rings is 1. The molecule has 36 heavy (non-hydrogen) atoms. The molecule has 3 atom stereocenters. The molecule has 2 heterocycles. The van der Waals surface area contributed by atoms with Gasteiger partial charge in [-0.2, -0.15) is 0 Å². The van der Waals surface area contributed by atoms with Crippen LogP contribution in [0.2, 0.25) is 0 Å². The molecule has 3 amide bonds. The van der Waals surface area contributed by atoms with Gasteiger partial charge >= 0.3 is 6.03 Å². The number of amides is 3. The minimum absolute atomic E-state index is 0.0385. The quantitative estimate of drug-likeness (QED) is 0.633. The topological polar surface area (TPSA) is 96.0 Å². The van der Waals surface area contributed by atoms with Crippen molar-refractivity contribution < 1.29 is 19.1 Å². The van der Waals surface area contributed by atoms with Gasteiger partial charge in [-0.05, 0) is 43.5 Å². The molecule has 0 fully saturated rings.